The average Bonchev–Trinajstić information content (AvgIpc) is 3.45. The summed E-state index contributed by atoms with van der Waals surface area (Å²) in [6.45, 7) is 6.06. The summed E-state index contributed by atoms with van der Waals surface area (Å²) >= 11 is 8.36. The fraction of sp³-hybridized carbons (Fsp3) is 0.559. The number of benzene rings is 2. The second-order valence-corrected chi connectivity index (χ2v) is 12.2. The molecule has 0 saturated carbocycles. The largest absolute Gasteiger partial charge is 0.492 e. The van der Waals surface area contributed by atoms with E-state index in [0.717, 1.165) is 42.3 Å². The summed E-state index contributed by atoms with van der Waals surface area (Å²) < 4.78 is 5.98. The number of carbonyl (C=O) groups is 1. The number of amides is 1. The van der Waals surface area contributed by atoms with Crippen molar-refractivity contribution in [2.45, 2.75) is 104 Å². The summed E-state index contributed by atoms with van der Waals surface area (Å²) in [7, 11) is 0. The summed E-state index contributed by atoms with van der Waals surface area (Å²) in [6.07, 6.45) is 18.9. The van der Waals surface area contributed by atoms with Gasteiger partial charge in [0.2, 0.25) is 5.91 Å². The van der Waals surface area contributed by atoms with Gasteiger partial charge in [0, 0.05) is 31.9 Å². The van der Waals surface area contributed by atoms with E-state index in [2.05, 4.69) is 41.6 Å². The van der Waals surface area contributed by atoms with E-state index in [1.807, 2.05) is 29.2 Å². The number of hydrogen-bond donors (Lipinski definition) is 0. The van der Waals surface area contributed by atoms with Crippen LogP contribution in [-0.4, -0.2) is 29.8 Å². The first-order valence-electron chi connectivity index (χ1n) is 15.4. The monoisotopic (exact) mass is 584 g/mol. The van der Waals surface area contributed by atoms with E-state index in [4.69, 9.17) is 16.3 Å². The van der Waals surface area contributed by atoms with Gasteiger partial charge >= 0.3 is 0 Å². The molecule has 0 saturated heterocycles. The Morgan fingerprint density at radius 3 is 2.25 bits per heavy atom. The van der Waals surface area contributed by atoms with E-state index in [-0.39, 0.29) is 5.91 Å². The molecule has 0 atom stereocenters. The van der Waals surface area contributed by atoms with Gasteiger partial charge in [0.1, 0.15) is 5.75 Å². The SMILES string of the molecule is CCCCCCCCCCCCCCOc1ccc(CCN(C(C)=O)c2cccc(CN3C=CSC3)c2)cc1Cl. The summed E-state index contributed by atoms with van der Waals surface area (Å²) in [4.78, 5) is 16.6. The molecular weight excluding hydrogens is 536 g/mol. The summed E-state index contributed by atoms with van der Waals surface area (Å²) in [5, 5.41) is 2.76. The third-order valence-electron chi connectivity index (χ3n) is 7.47. The zero-order valence-electron chi connectivity index (χ0n) is 24.7. The minimum atomic E-state index is 0.0437. The molecule has 0 radical (unpaired) electrons. The summed E-state index contributed by atoms with van der Waals surface area (Å²) in [6, 6.07) is 14.3. The number of hydrogen-bond acceptors (Lipinski definition) is 4. The quantitative estimate of drug-likeness (QED) is 0.145. The maximum Gasteiger partial charge on any atom is 0.223 e. The molecule has 1 aliphatic rings. The van der Waals surface area contributed by atoms with Crippen molar-refractivity contribution in [3.05, 3.63) is 70.2 Å². The minimum absolute atomic E-state index is 0.0437. The highest BCUT2D eigenvalue weighted by molar-refractivity contribution is 8.02. The van der Waals surface area contributed by atoms with Crippen LogP contribution < -0.4 is 9.64 Å². The van der Waals surface area contributed by atoms with Gasteiger partial charge in [-0.15, -0.1) is 11.8 Å². The van der Waals surface area contributed by atoms with Crippen LogP contribution in [0.4, 0.5) is 5.69 Å². The minimum Gasteiger partial charge on any atom is -0.492 e. The van der Waals surface area contributed by atoms with Crippen LogP contribution in [-0.2, 0) is 17.8 Å². The maximum atomic E-state index is 12.5. The number of unbranched alkanes of at least 4 members (excludes halogenated alkanes) is 11. The smallest absolute Gasteiger partial charge is 0.223 e. The second kappa shape index (κ2) is 19.1. The molecule has 0 aliphatic carbocycles. The number of rotatable bonds is 20. The van der Waals surface area contributed by atoms with Crippen molar-refractivity contribution in [1.82, 2.24) is 4.90 Å². The lowest BCUT2D eigenvalue weighted by atomic mass is 10.1. The van der Waals surface area contributed by atoms with Crippen molar-refractivity contribution in [3.8, 4) is 5.75 Å². The molecule has 2 aromatic carbocycles. The molecule has 1 heterocycles. The molecule has 0 unspecified atom stereocenters. The predicted molar refractivity (Wildman–Crippen MR) is 173 cm³/mol. The van der Waals surface area contributed by atoms with Gasteiger partial charge in [0.15, 0.2) is 0 Å². The lowest BCUT2D eigenvalue weighted by molar-refractivity contribution is -0.116. The molecule has 1 aliphatic heterocycles. The van der Waals surface area contributed by atoms with Crippen molar-refractivity contribution in [2.24, 2.45) is 0 Å². The molecule has 1 amide bonds. The molecule has 0 N–H and O–H groups in total. The van der Waals surface area contributed by atoms with Crippen LogP contribution in [0.1, 0.15) is 102 Å². The number of carbonyl (C=O) groups excluding carboxylic acids is 1. The van der Waals surface area contributed by atoms with Crippen LogP contribution in [0.25, 0.3) is 0 Å². The van der Waals surface area contributed by atoms with Crippen molar-refractivity contribution in [3.63, 3.8) is 0 Å². The van der Waals surface area contributed by atoms with Crippen molar-refractivity contribution in [1.29, 1.82) is 0 Å². The molecule has 0 aromatic heterocycles. The lowest BCUT2D eigenvalue weighted by Gasteiger charge is -2.23. The highest BCUT2D eigenvalue weighted by Crippen LogP contribution is 2.27. The van der Waals surface area contributed by atoms with Crippen molar-refractivity contribution in [2.75, 3.05) is 23.9 Å². The Morgan fingerprint density at radius 1 is 0.925 bits per heavy atom. The zero-order chi connectivity index (χ0) is 28.4. The first kappa shape index (κ1) is 32.4. The van der Waals surface area contributed by atoms with E-state index in [0.29, 0.717) is 18.2 Å². The van der Waals surface area contributed by atoms with E-state index < -0.39 is 0 Å². The lowest BCUT2D eigenvalue weighted by Crippen LogP contribution is -2.30. The maximum absolute atomic E-state index is 12.5. The topological polar surface area (TPSA) is 32.8 Å². The standard InChI is InChI=1S/C34H49ClN2O2S/c1-3-4-5-6-7-8-9-10-11-12-13-14-23-39-34-19-18-30(26-33(34)35)20-21-37(29(2)38)32-17-15-16-31(25-32)27-36-22-24-40-28-36/h15-19,22,24-26H,3-14,20-21,23,27-28H2,1-2H3. The third-order valence-corrected chi connectivity index (χ3v) is 8.56. The number of anilines is 1. The number of thioether (sulfide) groups is 1. The van der Waals surface area contributed by atoms with E-state index in [9.17, 15) is 4.79 Å². The van der Waals surface area contributed by atoms with Gasteiger partial charge in [0.25, 0.3) is 0 Å². The second-order valence-electron chi connectivity index (χ2n) is 10.9. The first-order valence-corrected chi connectivity index (χ1v) is 16.8. The van der Waals surface area contributed by atoms with Gasteiger partial charge in [-0.05, 0) is 53.6 Å². The first-order chi connectivity index (χ1) is 19.6. The van der Waals surface area contributed by atoms with Crippen molar-refractivity contribution < 1.29 is 9.53 Å². The number of ether oxygens (including phenoxy) is 1. The van der Waals surface area contributed by atoms with Crippen LogP contribution in [0.5, 0.6) is 5.75 Å². The van der Waals surface area contributed by atoms with Gasteiger partial charge in [-0.1, -0.05) is 107 Å². The Kier molecular flexibility index (Phi) is 15.5. The van der Waals surface area contributed by atoms with Crippen LogP contribution in [0.3, 0.4) is 0 Å². The Balaban J connectivity index is 1.34. The molecular formula is C34H49ClN2O2S. The van der Waals surface area contributed by atoms with Gasteiger partial charge < -0.3 is 14.5 Å². The summed E-state index contributed by atoms with van der Waals surface area (Å²) in [5.74, 6) is 1.77. The van der Waals surface area contributed by atoms with Gasteiger partial charge in [-0.25, -0.2) is 0 Å². The number of nitrogens with zero attached hydrogens (tertiary/aromatic N) is 2. The van der Waals surface area contributed by atoms with E-state index >= 15 is 0 Å². The van der Waals surface area contributed by atoms with Gasteiger partial charge in [0.05, 0.1) is 17.5 Å². The van der Waals surface area contributed by atoms with Crippen LogP contribution in [0, 0.1) is 0 Å². The highest BCUT2D eigenvalue weighted by atomic mass is 35.5. The normalized spacial score (nSPS) is 12.7. The van der Waals surface area contributed by atoms with Crippen LogP contribution in [0.15, 0.2) is 54.1 Å². The molecule has 4 nitrogen and oxygen atoms in total. The van der Waals surface area contributed by atoms with Crippen molar-refractivity contribution >= 4 is 35.0 Å². The molecule has 3 rings (SSSR count). The highest BCUT2D eigenvalue weighted by Gasteiger charge is 2.14. The fourth-order valence-electron chi connectivity index (χ4n) is 5.12. The fourth-order valence-corrected chi connectivity index (χ4v) is 6.09. The van der Waals surface area contributed by atoms with E-state index in [1.165, 1.54) is 76.2 Å². The van der Waals surface area contributed by atoms with Crippen LogP contribution in [0.2, 0.25) is 5.02 Å². The molecule has 2 aromatic rings. The van der Waals surface area contributed by atoms with Crippen LogP contribution >= 0.6 is 23.4 Å². The Morgan fingerprint density at radius 2 is 1.62 bits per heavy atom. The summed E-state index contributed by atoms with van der Waals surface area (Å²) in [5.41, 5.74) is 3.24. The molecule has 40 heavy (non-hydrogen) atoms. The molecule has 220 valence electrons. The van der Waals surface area contributed by atoms with E-state index in [1.54, 1.807) is 18.7 Å². The average molecular weight is 585 g/mol. The molecule has 6 heteroatoms. The molecule has 0 spiro atoms. The Bertz CT molecular complexity index is 1040. The van der Waals surface area contributed by atoms with Gasteiger partial charge in [-0.3, -0.25) is 4.79 Å². The Labute approximate surface area is 252 Å². The number of halogens is 1. The Hall–Kier alpha value is -2.11. The molecule has 0 fully saturated rings. The predicted octanol–water partition coefficient (Wildman–Crippen LogP) is 9.99. The molecule has 0 bridgehead atoms. The van der Waals surface area contributed by atoms with Gasteiger partial charge in [-0.2, -0.15) is 0 Å². The zero-order valence-corrected chi connectivity index (χ0v) is 26.3. The third kappa shape index (κ3) is 12.2.